The Kier molecular flexibility index (Phi) is 9.81. The molecule has 1 aromatic carbocycles. The van der Waals surface area contributed by atoms with Crippen LogP contribution in [0.25, 0.3) is 6.08 Å². The number of rotatable bonds is 10. The van der Waals surface area contributed by atoms with Crippen LogP contribution < -0.4 is 5.32 Å². The Balaban J connectivity index is 2.15. The molecule has 0 atom stereocenters. The maximum Gasteiger partial charge on any atom is 0.243 e. The minimum atomic E-state index is -2.93. The van der Waals surface area contributed by atoms with Crippen LogP contribution in [0.15, 0.2) is 24.3 Å². The van der Waals surface area contributed by atoms with Crippen molar-refractivity contribution in [3.8, 4) is 0 Å². The van der Waals surface area contributed by atoms with Crippen molar-refractivity contribution in [1.82, 2.24) is 5.32 Å². The smallest absolute Gasteiger partial charge is 0.243 e. The molecule has 0 saturated heterocycles. The summed E-state index contributed by atoms with van der Waals surface area (Å²) in [4.78, 5) is 11.7. The lowest BCUT2D eigenvalue weighted by molar-refractivity contribution is -0.116. The molecule has 134 valence electrons. The first-order chi connectivity index (χ1) is 11.3. The highest BCUT2D eigenvalue weighted by Gasteiger charge is 2.02. The molecule has 0 aliphatic carbocycles. The Labute approximate surface area is 157 Å². The van der Waals surface area contributed by atoms with E-state index in [9.17, 15) is 13.2 Å². The van der Waals surface area contributed by atoms with Crippen molar-refractivity contribution in [3.05, 3.63) is 39.9 Å². The average Bonchev–Trinajstić information content (AvgIpc) is 2.48. The zero-order valence-corrected chi connectivity index (χ0v) is 16.6. The lowest BCUT2D eigenvalue weighted by Gasteiger charge is -2.03. The fourth-order valence-corrected chi connectivity index (χ4v) is 4.22. The van der Waals surface area contributed by atoms with Crippen molar-refractivity contribution in [3.63, 3.8) is 0 Å². The largest absolute Gasteiger partial charge is 0.353 e. The van der Waals surface area contributed by atoms with E-state index in [1.54, 1.807) is 24.3 Å². The van der Waals surface area contributed by atoms with Crippen molar-refractivity contribution in [2.75, 3.05) is 18.6 Å². The van der Waals surface area contributed by atoms with Crippen LogP contribution >= 0.6 is 34.0 Å². The third-order valence-corrected chi connectivity index (χ3v) is 6.27. The zero-order valence-electron chi connectivity index (χ0n) is 13.4. The van der Waals surface area contributed by atoms with E-state index < -0.39 is 8.87 Å². The van der Waals surface area contributed by atoms with E-state index in [4.69, 9.17) is 23.2 Å². The molecule has 0 unspecified atom stereocenters. The fourth-order valence-electron chi connectivity index (χ4n) is 1.86. The van der Waals surface area contributed by atoms with Gasteiger partial charge in [-0.15, -0.1) is 0 Å². The molecule has 0 saturated carbocycles. The van der Waals surface area contributed by atoms with Crippen LogP contribution in [0.1, 0.15) is 31.2 Å². The summed E-state index contributed by atoms with van der Waals surface area (Å²) in [6.07, 6.45) is 7.95. The van der Waals surface area contributed by atoms with Gasteiger partial charge in [0.15, 0.2) is 8.87 Å². The fraction of sp³-hybridized carbons (Fsp3) is 0.438. The van der Waals surface area contributed by atoms with E-state index in [0.29, 0.717) is 22.3 Å². The van der Waals surface area contributed by atoms with Crippen molar-refractivity contribution in [2.24, 2.45) is 0 Å². The van der Waals surface area contributed by atoms with E-state index >= 15 is 0 Å². The molecule has 1 aromatic rings. The molecular formula is C16H21Cl2NO3S2. The van der Waals surface area contributed by atoms with Gasteiger partial charge in [-0.25, -0.2) is 8.42 Å². The molecular weight excluding hydrogens is 389 g/mol. The predicted octanol–water partition coefficient (Wildman–Crippen LogP) is 4.38. The molecule has 0 fully saturated rings. The molecule has 1 amide bonds. The van der Waals surface area contributed by atoms with E-state index in [2.05, 4.69) is 5.32 Å². The van der Waals surface area contributed by atoms with Crippen LogP contribution in [0.3, 0.4) is 0 Å². The lowest BCUT2D eigenvalue weighted by atomic mass is 10.2. The number of carbonyl (C=O) groups excluding carboxylic acids is 1. The van der Waals surface area contributed by atoms with Gasteiger partial charge in [0.1, 0.15) is 0 Å². The van der Waals surface area contributed by atoms with Crippen molar-refractivity contribution in [1.29, 1.82) is 0 Å². The highest BCUT2D eigenvalue weighted by Crippen LogP contribution is 2.21. The topological polar surface area (TPSA) is 63.2 Å². The number of carbonyl (C=O) groups is 1. The number of benzene rings is 1. The summed E-state index contributed by atoms with van der Waals surface area (Å²) in [5.41, 5.74) is 0.736. The van der Waals surface area contributed by atoms with Crippen LogP contribution in [0, 0.1) is 0 Å². The van der Waals surface area contributed by atoms with Gasteiger partial charge in [-0.1, -0.05) is 42.1 Å². The summed E-state index contributed by atoms with van der Waals surface area (Å²) in [5.74, 6) is 0.448. The second-order valence-corrected chi connectivity index (χ2v) is 10.6. The Morgan fingerprint density at radius 2 is 1.92 bits per heavy atom. The van der Waals surface area contributed by atoms with Crippen LogP contribution in [-0.2, 0) is 13.7 Å². The first kappa shape index (κ1) is 21.4. The molecule has 0 aromatic heterocycles. The van der Waals surface area contributed by atoms with Crippen molar-refractivity contribution >= 4 is 54.8 Å². The van der Waals surface area contributed by atoms with Crippen LogP contribution in [0.4, 0.5) is 0 Å². The summed E-state index contributed by atoms with van der Waals surface area (Å²) in [6.45, 7) is 0.594. The van der Waals surface area contributed by atoms with Gasteiger partial charge in [-0.2, -0.15) is 0 Å². The molecule has 0 radical (unpaired) electrons. The van der Waals surface area contributed by atoms with Crippen LogP contribution in [0.2, 0.25) is 10.0 Å². The van der Waals surface area contributed by atoms with E-state index in [1.165, 1.54) is 12.3 Å². The molecule has 1 N–H and O–H groups in total. The van der Waals surface area contributed by atoms with Gasteiger partial charge < -0.3 is 5.32 Å². The quantitative estimate of drug-likeness (QED) is 0.353. The monoisotopic (exact) mass is 409 g/mol. The zero-order chi connectivity index (χ0) is 18.0. The van der Waals surface area contributed by atoms with E-state index in [0.717, 1.165) is 42.0 Å². The van der Waals surface area contributed by atoms with Crippen LogP contribution in [0.5, 0.6) is 0 Å². The van der Waals surface area contributed by atoms with E-state index in [-0.39, 0.29) is 5.91 Å². The normalized spacial score (nSPS) is 11.8. The number of hydrogen-bond acceptors (Lipinski definition) is 4. The number of halogens is 2. The number of amides is 1. The van der Waals surface area contributed by atoms with Gasteiger partial charge in [0.2, 0.25) is 5.91 Å². The SMILES string of the molecule is CS(=O)(=O)SCCCCCCNC(=O)/C=C/c1ccc(Cl)cc1Cl. The minimum absolute atomic E-state index is 0.173. The molecule has 0 heterocycles. The summed E-state index contributed by atoms with van der Waals surface area (Å²) in [7, 11) is -1.95. The molecule has 4 nitrogen and oxygen atoms in total. The summed E-state index contributed by atoms with van der Waals surface area (Å²) < 4.78 is 21.9. The van der Waals surface area contributed by atoms with Gasteiger partial charge in [-0.05, 0) is 47.4 Å². The third kappa shape index (κ3) is 10.2. The number of unbranched alkanes of at least 4 members (excludes halogenated alkanes) is 3. The van der Waals surface area contributed by atoms with Gasteiger partial charge in [-0.3, -0.25) is 4.79 Å². The Morgan fingerprint density at radius 1 is 1.21 bits per heavy atom. The standard InChI is InChI=1S/C16H21Cl2NO3S2/c1-24(21,22)23-11-5-3-2-4-10-19-16(20)9-7-13-6-8-14(17)12-15(13)18/h6-9,12H,2-5,10-11H2,1H3,(H,19,20)/b9-7+. The van der Waals surface area contributed by atoms with Gasteiger partial charge in [0, 0.05) is 34.7 Å². The maximum absolute atomic E-state index is 11.7. The van der Waals surface area contributed by atoms with Crippen LogP contribution in [-0.4, -0.2) is 32.9 Å². The number of hydrogen-bond donors (Lipinski definition) is 1. The van der Waals surface area contributed by atoms with Gasteiger partial charge in [0.05, 0.1) is 0 Å². The van der Waals surface area contributed by atoms with Crippen molar-refractivity contribution < 1.29 is 13.2 Å². The molecule has 0 aliphatic rings. The first-order valence-electron chi connectivity index (χ1n) is 7.53. The highest BCUT2D eigenvalue weighted by atomic mass is 35.5. The first-order valence-corrected chi connectivity index (χ1v) is 11.7. The molecule has 1 rings (SSSR count). The molecule has 8 heteroatoms. The minimum Gasteiger partial charge on any atom is -0.353 e. The second-order valence-electron chi connectivity index (χ2n) is 5.23. The van der Waals surface area contributed by atoms with Gasteiger partial charge in [0.25, 0.3) is 0 Å². The molecule has 0 bridgehead atoms. The van der Waals surface area contributed by atoms with Crippen molar-refractivity contribution in [2.45, 2.75) is 25.7 Å². The third-order valence-electron chi connectivity index (χ3n) is 3.04. The predicted molar refractivity (Wildman–Crippen MR) is 104 cm³/mol. The van der Waals surface area contributed by atoms with E-state index in [1.807, 2.05) is 0 Å². The maximum atomic E-state index is 11.7. The molecule has 24 heavy (non-hydrogen) atoms. The summed E-state index contributed by atoms with van der Waals surface area (Å²) in [6, 6.07) is 5.10. The summed E-state index contributed by atoms with van der Waals surface area (Å²) >= 11 is 11.8. The second kappa shape index (κ2) is 11.0. The van der Waals surface area contributed by atoms with Gasteiger partial charge >= 0.3 is 0 Å². The number of nitrogens with one attached hydrogen (secondary N) is 1. The average molecular weight is 410 g/mol. The Hall–Kier alpha value is -0.690. The summed E-state index contributed by atoms with van der Waals surface area (Å²) in [5, 5.41) is 3.85. The Bertz CT molecular complexity index is 676. The molecule has 0 spiro atoms. The highest BCUT2D eigenvalue weighted by molar-refractivity contribution is 8.71. The lowest BCUT2D eigenvalue weighted by Crippen LogP contribution is -2.21. The molecule has 0 aliphatic heterocycles. The Morgan fingerprint density at radius 3 is 2.58 bits per heavy atom.